The van der Waals surface area contributed by atoms with Crippen molar-refractivity contribution in [2.24, 2.45) is 11.3 Å². The summed E-state index contributed by atoms with van der Waals surface area (Å²) in [5, 5.41) is 3.24. The van der Waals surface area contributed by atoms with Gasteiger partial charge in [0.2, 0.25) is 5.91 Å². The molecule has 0 aromatic carbocycles. The van der Waals surface area contributed by atoms with Crippen LogP contribution in [0.4, 0.5) is 0 Å². The second kappa shape index (κ2) is 3.78. The molecule has 1 N–H and O–H groups in total. The lowest BCUT2D eigenvalue weighted by molar-refractivity contribution is -0.136. The molecule has 1 aliphatic carbocycles. The summed E-state index contributed by atoms with van der Waals surface area (Å²) in [6.07, 6.45) is 2.14. The molecule has 86 valence electrons. The van der Waals surface area contributed by atoms with E-state index in [-0.39, 0.29) is 5.41 Å². The summed E-state index contributed by atoms with van der Waals surface area (Å²) < 4.78 is 0. The van der Waals surface area contributed by atoms with Gasteiger partial charge in [-0.05, 0) is 18.3 Å². The molecule has 1 unspecified atom stereocenters. The van der Waals surface area contributed by atoms with Gasteiger partial charge in [-0.2, -0.15) is 0 Å². The molecule has 1 atom stereocenters. The summed E-state index contributed by atoms with van der Waals surface area (Å²) in [6.45, 7) is 9.43. The Hall–Kier alpha value is -0.570. The van der Waals surface area contributed by atoms with Crippen LogP contribution in [-0.4, -0.2) is 36.5 Å². The number of rotatable bonds is 4. The van der Waals surface area contributed by atoms with Gasteiger partial charge in [0.1, 0.15) is 0 Å². The van der Waals surface area contributed by atoms with Crippen molar-refractivity contribution in [2.45, 2.75) is 39.7 Å². The minimum absolute atomic E-state index is 0.264. The standard InChI is InChI=1S/C12H22N2O/c1-4-5-14(9-7-13-8-9)11(15)10-6-12(10,2)3/h9-10,13H,4-8H2,1-3H3. The molecule has 2 rings (SSSR count). The van der Waals surface area contributed by atoms with E-state index in [2.05, 4.69) is 31.0 Å². The van der Waals surface area contributed by atoms with Gasteiger partial charge in [0.15, 0.2) is 0 Å². The van der Waals surface area contributed by atoms with Crippen molar-refractivity contribution in [3.8, 4) is 0 Å². The SMILES string of the molecule is CCCN(C(=O)C1CC1(C)C)C1CNC1. The fraction of sp³-hybridized carbons (Fsp3) is 0.917. The Morgan fingerprint density at radius 1 is 1.47 bits per heavy atom. The Balaban J connectivity index is 1.95. The molecular weight excluding hydrogens is 188 g/mol. The van der Waals surface area contributed by atoms with E-state index in [0.717, 1.165) is 32.5 Å². The van der Waals surface area contributed by atoms with Crippen LogP contribution in [0.25, 0.3) is 0 Å². The number of hydrogen-bond acceptors (Lipinski definition) is 2. The quantitative estimate of drug-likeness (QED) is 0.757. The number of nitrogens with zero attached hydrogens (tertiary/aromatic N) is 1. The molecule has 3 heteroatoms. The highest BCUT2D eigenvalue weighted by atomic mass is 16.2. The summed E-state index contributed by atoms with van der Waals surface area (Å²) in [5.41, 5.74) is 0.264. The van der Waals surface area contributed by atoms with Crippen LogP contribution in [0.15, 0.2) is 0 Å². The van der Waals surface area contributed by atoms with Crippen LogP contribution in [0.1, 0.15) is 33.6 Å². The monoisotopic (exact) mass is 210 g/mol. The summed E-state index contributed by atoms with van der Waals surface area (Å²) >= 11 is 0. The third-order valence-corrected chi connectivity index (χ3v) is 3.76. The first-order chi connectivity index (χ1) is 7.06. The first-order valence-corrected chi connectivity index (χ1v) is 6.07. The average molecular weight is 210 g/mol. The molecule has 1 aliphatic heterocycles. The molecule has 15 heavy (non-hydrogen) atoms. The number of carbonyl (C=O) groups excluding carboxylic acids is 1. The Bertz CT molecular complexity index is 258. The smallest absolute Gasteiger partial charge is 0.226 e. The lowest BCUT2D eigenvalue weighted by atomic mass is 10.1. The van der Waals surface area contributed by atoms with E-state index in [4.69, 9.17) is 0 Å². The van der Waals surface area contributed by atoms with Crippen LogP contribution in [-0.2, 0) is 4.79 Å². The largest absolute Gasteiger partial charge is 0.337 e. The van der Waals surface area contributed by atoms with Gasteiger partial charge in [-0.1, -0.05) is 20.8 Å². The van der Waals surface area contributed by atoms with E-state index in [9.17, 15) is 4.79 Å². The fourth-order valence-corrected chi connectivity index (χ4v) is 2.30. The maximum atomic E-state index is 12.2. The molecule has 1 saturated carbocycles. The summed E-state index contributed by atoms with van der Waals surface area (Å²) in [7, 11) is 0. The van der Waals surface area contributed by atoms with Crippen molar-refractivity contribution in [1.29, 1.82) is 0 Å². The van der Waals surface area contributed by atoms with Crippen LogP contribution in [0.2, 0.25) is 0 Å². The molecule has 0 aromatic rings. The van der Waals surface area contributed by atoms with E-state index in [1.165, 1.54) is 0 Å². The second-order valence-corrected chi connectivity index (χ2v) is 5.59. The van der Waals surface area contributed by atoms with Crippen molar-refractivity contribution >= 4 is 5.91 Å². The topological polar surface area (TPSA) is 32.3 Å². The Morgan fingerprint density at radius 3 is 2.40 bits per heavy atom. The zero-order chi connectivity index (χ0) is 11.1. The highest BCUT2D eigenvalue weighted by Crippen LogP contribution is 2.52. The lowest BCUT2D eigenvalue weighted by Gasteiger charge is -2.38. The Kier molecular flexibility index (Phi) is 2.75. The third-order valence-electron chi connectivity index (χ3n) is 3.76. The van der Waals surface area contributed by atoms with Crippen molar-refractivity contribution in [2.75, 3.05) is 19.6 Å². The van der Waals surface area contributed by atoms with Crippen LogP contribution in [0, 0.1) is 11.3 Å². The second-order valence-electron chi connectivity index (χ2n) is 5.59. The first-order valence-electron chi connectivity index (χ1n) is 6.07. The maximum Gasteiger partial charge on any atom is 0.226 e. The molecule has 0 spiro atoms. The lowest BCUT2D eigenvalue weighted by Crippen LogP contribution is -2.59. The molecule has 2 aliphatic rings. The molecule has 1 saturated heterocycles. The summed E-state index contributed by atoms with van der Waals surface area (Å²) in [4.78, 5) is 14.4. The predicted octanol–water partition coefficient (Wildman–Crippen LogP) is 1.24. The van der Waals surface area contributed by atoms with Crippen LogP contribution < -0.4 is 5.32 Å². The highest BCUT2D eigenvalue weighted by molar-refractivity contribution is 5.83. The third kappa shape index (κ3) is 2.03. The van der Waals surface area contributed by atoms with Gasteiger partial charge in [0.05, 0.1) is 6.04 Å². The Morgan fingerprint density at radius 2 is 2.07 bits per heavy atom. The van der Waals surface area contributed by atoms with E-state index in [1.807, 2.05) is 0 Å². The number of nitrogens with one attached hydrogen (secondary N) is 1. The zero-order valence-corrected chi connectivity index (χ0v) is 10.0. The van der Waals surface area contributed by atoms with E-state index >= 15 is 0 Å². The predicted molar refractivity (Wildman–Crippen MR) is 60.5 cm³/mol. The van der Waals surface area contributed by atoms with Crippen molar-refractivity contribution < 1.29 is 4.79 Å². The van der Waals surface area contributed by atoms with Gasteiger partial charge in [0, 0.05) is 25.6 Å². The van der Waals surface area contributed by atoms with Crippen LogP contribution in [0.3, 0.4) is 0 Å². The van der Waals surface area contributed by atoms with Crippen LogP contribution in [0.5, 0.6) is 0 Å². The minimum Gasteiger partial charge on any atom is -0.337 e. The molecule has 0 aromatic heterocycles. The zero-order valence-electron chi connectivity index (χ0n) is 10.0. The summed E-state index contributed by atoms with van der Waals surface area (Å²) in [5.74, 6) is 0.693. The van der Waals surface area contributed by atoms with E-state index in [1.54, 1.807) is 0 Å². The average Bonchev–Trinajstić information content (AvgIpc) is 2.70. The van der Waals surface area contributed by atoms with Gasteiger partial charge in [0.25, 0.3) is 0 Å². The molecule has 2 fully saturated rings. The normalized spacial score (nSPS) is 28.3. The molecule has 3 nitrogen and oxygen atoms in total. The van der Waals surface area contributed by atoms with Crippen molar-refractivity contribution in [1.82, 2.24) is 10.2 Å². The van der Waals surface area contributed by atoms with Gasteiger partial charge in [-0.3, -0.25) is 4.79 Å². The van der Waals surface area contributed by atoms with Gasteiger partial charge >= 0.3 is 0 Å². The van der Waals surface area contributed by atoms with Gasteiger partial charge in [-0.25, -0.2) is 0 Å². The van der Waals surface area contributed by atoms with Crippen molar-refractivity contribution in [3.63, 3.8) is 0 Å². The number of hydrogen-bond donors (Lipinski definition) is 1. The fourth-order valence-electron chi connectivity index (χ4n) is 2.30. The van der Waals surface area contributed by atoms with Gasteiger partial charge < -0.3 is 10.2 Å². The molecule has 0 radical (unpaired) electrons. The summed E-state index contributed by atoms with van der Waals surface area (Å²) in [6, 6.07) is 0.467. The number of amides is 1. The van der Waals surface area contributed by atoms with E-state index in [0.29, 0.717) is 17.9 Å². The van der Waals surface area contributed by atoms with Crippen LogP contribution >= 0.6 is 0 Å². The molecule has 0 bridgehead atoms. The highest BCUT2D eigenvalue weighted by Gasteiger charge is 2.52. The molecule has 1 heterocycles. The Labute approximate surface area is 92.2 Å². The van der Waals surface area contributed by atoms with Crippen molar-refractivity contribution in [3.05, 3.63) is 0 Å². The van der Waals surface area contributed by atoms with E-state index < -0.39 is 0 Å². The minimum atomic E-state index is 0.264. The first kappa shape index (κ1) is 10.9. The molecule has 1 amide bonds. The van der Waals surface area contributed by atoms with Gasteiger partial charge in [-0.15, -0.1) is 0 Å². The molecular formula is C12H22N2O. The maximum absolute atomic E-state index is 12.2. The number of carbonyl (C=O) groups is 1.